The molecule has 6 heteroatoms. The highest BCUT2D eigenvalue weighted by atomic mass is 32.2. The monoisotopic (exact) mass is 321 g/mol. The zero-order valence-corrected chi connectivity index (χ0v) is 14.6. The largest absolute Gasteiger partial charge is 0.368 e. The van der Waals surface area contributed by atoms with E-state index in [1.54, 1.807) is 6.20 Å². The molecular weight excluding hydrogens is 294 g/mol. The van der Waals surface area contributed by atoms with Crippen molar-refractivity contribution in [3.8, 4) is 0 Å². The summed E-state index contributed by atoms with van der Waals surface area (Å²) >= 11 is 2.04. The first-order valence-corrected chi connectivity index (χ1v) is 8.91. The van der Waals surface area contributed by atoms with E-state index in [0.29, 0.717) is 4.75 Å². The SMILES string of the molecule is CCNC(=NCCNc1ccccn1)N1CCSC(C)(C)C1. The van der Waals surface area contributed by atoms with Gasteiger partial charge in [0.25, 0.3) is 0 Å². The van der Waals surface area contributed by atoms with Crippen LogP contribution in [0.4, 0.5) is 5.82 Å². The Morgan fingerprint density at radius 1 is 1.45 bits per heavy atom. The summed E-state index contributed by atoms with van der Waals surface area (Å²) in [6.07, 6.45) is 1.79. The van der Waals surface area contributed by atoms with Crippen molar-refractivity contribution in [3.05, 3.63) is 24.4 Å². The molecule has 1 aromatic rings. The fraction of sp³-hybridized carbons (Fsp3) is 0.625. The van der Waals surface area contributed by atoms with Crippen LogP contribution < -0.4 is 10.6 Å². The average molecular weight is 321 g/mol. The molecule has 5 nitrogen and oxygen atoms in total. The minimum absolute atomic E-state index is 0.292. The summed E-state index contributed by atoms with van der Waals surface area (Å²) in [6.45, 7) is 11.2. The third kappa shape index (κ3) is 5.40. The van der Waals surface area contributed by atoms with E-state index in [0.717, 1.165) is 50.3 Å². The molecule has 122 valence electrons. The van der Waals surface area contributed by atoms with Gasteiger partial charge in [0.2, 0.25) is 0 Å². The van der Waals surface area contributed by atoms with Gasteiger partial charge in [0.1, 0.15) is 5.82 Å². The maximum atomic E-state index is 4.75. The highest BCUT2D eigenvalue weighted by Crippen LogP contribution is 2.29. The molecule has 22 heavy (non-hydrogen) atoms. The van der Waals surface area contributed by atoms with Crippen LogP contribution in [-0.2, 0) is 0 Å². The summed E-state index contributed by atoms with van der Waals surface area (Å²) < 4.78 is 0.292. The number of anilines is 1. The third-order valence-electron chi connectivity index (χ3n) is 3.40. The Morgan fingerprint density at radius 3 is 3.00 bits per heavy atom. The lowest BCUT2D eigenvalue weighted by Crippen LogP contribution is -2.51. The van der Waals surface area contributed by atoms with Crippen molar-refractivity contribution in [3.63, 3.8) is 0 Å². The molecule has 2 heterocycles. The number of thioether (sulfide) groups is 1. The number of nitrogens with one attached hydrogen (secondary N) is 2. The first-order valence-electron chi connectivity index (χ1n) is 7.93. The van der Waals surface area contributed by atoms with Gasteiger partial charge in [-0.2, -0.15) is 11.8 Å². The molecule has 1 aliphatic rings. The van der Waals surface area contributed by atoms with Crippen molar-refractivity contribution in [1.82, 2.24) is 15.2 Å². The molecule has 0 atom stereocenters. The van der Waals surface area contributed by atoms with Crippen molar-refractivity contribution in [2.24, 2.45) is 4.99 Å². The second kappa shape index (κ2) is 8.27. The molecule has 1 saturated heterocycles. The van der Waals surface area contributed by atoms with Gasteiger partial charge in [-0.15, -0.1) is 0 Å². The maximum absolute atomic E-state index is 4.75. The molecule has 0 unspecified atom stereocenters. The molecule has 0 aliphatic carbocycles. The van der Waals surface area contributed by atoms with Gasteiger partial charge in [0, 0.05) is 42.9 Å². The van der Waals surface area contributed by atoms with Gasteiger partial charge < -0.3 is 15.5 Å². The molecule has 1 fully saturated rings. The third-order valence-corrected chi connectivity index (χ3v) is 4.70. The highest BCUT2D eigenvalue weighted by molar-refractivity contribution is 8.00. The summed E-state index contributed by atoms with van der Waals surface area (Å²) in [5, 5.41) is 6.70. The van der Waals surface area contributed by atoms with E-state index in [1.165, 1.54) is 0 Å². The van der Waals surface area contributed by atoms with Crippen LogP contribution in [0, 0.1) is 0 Å². The minimum Gasteiger partial charge on any atom is -0.368 e. The van der Waals surface area contributed by atoms with E-state index in [2.05, 4.69) is 41.3 Å². The summed E-state index contributed by atoms with van der Waals surface area (Å²) in [6, 6.07) is 5.87. The van der Waals surface area contributed by atoms with Crippen molar-refractivity contribution in [2.45, 2.75) is 25.5 Å². The van der Waals surface area contributed by atoms with E-state index in [4.69, 9.17) is 4.99 Å². The molecule has 0 amide bonds. The second-order valence-electron chi connectivity index (χ2n) is 5.91. The Labute approximate surface area is 138 Å². The predicted octanol–water partition coefficient (Wildman–Crippen LogP) is 2.29. The van der Waals surface area contributed by atoms with Gasteiger partial charge in [-0.1, -0.05) is 6.07 Å². The molecule has 0 spiro atoms. The van der Waals surface area contributed by atoms with E-state index in [-0.39, 0.29) is 0 Å². The van der Waals surface area contributed by atoms with Crippen molar-refractivity contribution in [1.29, 1.82) is 0 Å². The number of aliphatic imine (C=N–C) groups is 1. The van der Waals surface area contributed by atoms with E-state index in [1.807, 2.05) is 30.0 Å². The van der Waals surface area contributed by atoms with Crippen molar-refractivity contribution < 1.29 is 0 Å². The Morgan fingerprint density at radius 2 is 2.32 bits per heavy atom. The Balaban J connectivity index is 1.87. The lowest BCUT2D eigenvalue weighted by atomic mass is 10.2. The molecule has 2 rings (SSSR count). The zero-order chi connectivity index (χ0) is 15.8. The zero-order valence-electron chi connectivity index (χ0n) is 13.8. The summed E-state index contributed by atoms with van der Waals surface area (Å²) in [5.41, 5.74) is 0. The van der Waals surface area contributed by atoms with Crippen molar-refractivity contribution in [2.75, 3.05) is 43.8 Å². The topological polar surface area (TPSA) is 52.6 Å². The quantitative estimate of drug-likeness (QED) is 0.495. The molecule has 0 aromatic carbocycles. The number of rotatable bonds is 5. The van der Waals surface area contributed by atoms with Crippen LogP contribution in [0.5, 0.6) is 0 Å². The molecule has 0 bridgehead atoms. The Hall–Kier alpha value is -1.43. The van der Waals surface area contributed by atoms with Crippen LogP contribution in [0.15, 0.2) is 29.4 Å². The summed E-state index contributed by atoms with van der Waals surface area (Å²) in [4.78, 5) is 11.4. The van der Waals surface area contributed by atoms with Gasteiger partial charge in [0.15, 0.2) is 5.96 Å². The summed E-state index contributed by atoms with van der Waals surface area (Å²) in [5.74, 6) is 3.08. The maximum Gasteiger partial charge on any atom is 0.194 e. The fourth-order valence-corrected chi connectivity index (χ4v) is 3.55. The number of hydrogen-bond donors (Lipinski definition) is 2. The smallest absolute Gasteiger partial charge is 0.194 e. The first kappa shape index (κ1) is 16.9. The van der Waals surface area contributed by atoms with Crippen LogP contribution in [0.3, 0.4) is 0 Å². The van der Waals surface area contributed by atoms with Crippen LogP contribution in [-0.4, -0.2) is 59.1 Å². The molecular formula is C16H27N5S. The average Bonchev–Trinajstić information content (AvgIpc) is 2.50. The van der Waals surface area contributed by atoms with Gasteiger partial charge in [-0.05, 0) is 32.9 Å². The molecule has 2 N–H and O–H groups in total. The molecule has 1 aliphatic heterocycles. The number of hydrogen-bond acceptors (Lipinski definition) is 4. The van der Waals surface area contributed by atoms with Gasteiger partial charge >= 0.3 is 0 Å². The Bertz CT molecular complexity index is 475. The van der Waals surface area contributed by atoms with E-state index in [9.17, 15) is 0 Å². The number of guanidine groups is 1. The fourth-order valence-electron chi connectivity index (χ4n) is 2.44. The molecule has 0 radical (unpaired) electrons. The molecule has 0 saturated carbocycles. The van der Waals surface area contributed by atoms with Crippen LogP contribution in [0.2, 0.25) is 0 Å². The van der Waals surface area contributed by atoms with Crippen LogP contribution in [0.1, 0.15) is 20.8 Å². The first-order chi connectivity index (χ1) is 10.6. The van der Waals surface area contributed by atoms with E-state index < -0.39 is 0 Å². The minimum atomic E-state index is 0.292. The van der Waals surface area contributed by atoms with Gasteiger partial charge in [0.05, 0.1) is 6.54 Å². The van der Waals surface area contributed by atoms with Crippen LogP contribution in [0.25, 0.3) is 0 Å². The number of aromatic nitrogens is 1. The normalized spacial score (nSPS) is 18.1. The lowest BCUT2D eigenvalue weighted by molar-refractivity contribution is 0.376. The van der Waals surface area contributed by atoms with Gasteiger partial charge in [-0.25, -0.2) is 4.98 Å². The second-order valence-corrected chi connectivity index (χ2v) is 7.71. The molecule has 1 aromatic heterocycles. The lowest BCUT2D eigenvalue weighted by Gasteiger charge is -2.39. The number of nitrogens with zero attached hydrogens (tertiary/aromatic N) is 3. The van der Waals surface area contributed by atoms with E-state index >= 15 is 0 Å². The van der Waals surface area contributed by atoms with Crippen LogP contribution >= 0.6 is 11.8 Å². The standard InChI is InChI=1S/C16H27N5S/c1-4-17-15(21-11-12-22-16(2,3)13-21)20-10-9-19-14-7-5-6-8-18-14/h5-8H,4,9-13H2,1-3H3,(H,17,20)(H,18,19). The highest BCUT2D eigenvalue weighted by Gasteiger charge is 2.28. The Kier molecular flexibility index (Phi) is 6.36. The summed E-state index contributed by atoms with van der Waals surface area (Å²) in [7, 11) is 0. The van der Waals surface area contributed by atoms with Crippen molar-refractivity contribution >= 4 is 23.5 Å². The predicted molar refractivity (Wildman–Crippen MR) is 96.8 cm³/mol. The van der Waals surface area contributed by atoms with Gasteiger partial charge in [-0.3, -0.25) is 4.99 Å². The number of pyridine rings is 1.